The first-order valence-corrected chi connectivity index (χ1v) is 7.87. The van der Waals surface area contributed by atoms with Gasteiger partial charge >= 0.3 is 0 Å². The zero-order valence-electron chi connectivity index (χ0n) is 13.7. The molecule has 1 unspecified atom stereocenters. The van der Waals surface area contributed by atoms with E-state index in [0.29, 0.717) is 11.3 Å². The molecule has 0 aliphatic carbocycles. The summed E-state index contributed by atoms with van der Waals surface area (Å²) in [6.07, 6.45) is 2.46. The molecule has 0 saturated heterocycles. The molecule has 0 aromatic heterocycles. The Morgan fingerprint density at radius 1 is 1.10 bits per heavy atom. The Kier molecular flexibility index (Phi) is 7.25. The van der Waals surface area contributed by atoms with Gasteiger partial charge in [-0.25, -0.2) is 0 Å². The molecule has 0 aliphatic heterocycles. The second-order valence-corrected chi connectivity index (χ2v) is 7.18. The zero-order valence-corrected chi connectivity index (χ0v) is 13.7. The topological polar surface area (TPSA) is 38.0 Å². The first-order chi connectivity index (χ1) is 9.43. The van der Waals surface area contributed by atoms with Crippen molar-refractivity contribution in [3.05, 3.63) is 35.9 Å². The van der Waals surface area contributed by atoms with Gasteiger partial charge in [-0.05, 0) is 48.7 Å². The number of rotatable bonds is 9. The second-order valence-electron chi connectivity index (χ2n) is 7.18. The fraction of sp³-hybridized carbons (Fsp3) is 0.667. The van der Waals surface area contributed by atoms with Gasteiger partial charge < -0.3 is 11.1 Å². The molecule has 0 bridgehead atoms. The molecule has 20 heavy (non-hydrogen) atoms. The highest BCUT2D eigenvalue weighted by molar-refractivity contribution is 5.14. The summed E-state index contributed by atoms with van der Waals surface area (Å²) in [5, 5.41) is 3.55. The van der Waals surface area contributed by atoms with Crippen molar-refractivity contribution in [2.24, 2.45) is 23.0 Å². The van der Waals surface area contributed by atoms with Crippen LogP contribution < -0.4 is 11.1 Å². The van der Waals surface area contributed by atoms with Gasteiger partial charge in [0, 0.05) is 6.54 Å². The largest absolute Gasteiger partial charge is 0.330 e. The van der Waals surface area contributed by atoms with Crippen LogP contribution >= 0.6 is 0 Å². The molecule has 3 N–H and O–H groups in total. The molecule has 1 aromatic rings. The molecule has 0 amide bonds. The van der Waals surface area contributed by atoms with Gasteiger partial charge in [-0.15, -0.1) is 0 Å². The number of nitrogens with two attached hydrogens (primary N) is 1. The maximum Gasteiger partial charge on any atom is 0.0205 e. The number of hydrogen-bond acceptors (Lipinski definition) is 2. The molecule has 1 rings (SSSR count). The molecule has 0 aliphatic rings. The molecule has 0 fully saturated rings. The van der Waals surface area contributed by atoms with Crippen molar-refractivity contribution in [1.82, 2.24) is 5.32 Å². The third-order valence-electron chi connectivity index (χ3n) is 3.74. The fourth-order valence-electron chi connectivity index (χ4n) is 3.23. The summed E-state index contributed by atoms with van der Waals surface area (Å²) in [6, 6.07) is 10.5. The molecule has 114 valence electrons. The van der Waals surface area contributed by atoms with E-state index < -0.39 is 0 Å². The van der Waals surface area contributed by atoms with Crippen LogP contribution in [0.2, 0.25) is 0 Å². The van der Waals surface area contributed by atoms with E-state index in [1.165, 1.54) is 18.4 Å². The molecule has 0 saturated carbocycles. The van der Waals surface area contributed by atoms with Crippen LogP contribution in [0.3, 0.4) is 0 Å². The number of nitrogens with one attached hydrogen (secondary N) is 1. The van der Waals surface area contributed by atoms with Gasteiger partial charge in [0.15, 0.2) is 0 Å². The van der Waals surface area contributed by atoms with E-state index in [1.54, 1.807) is 0 Å². The zero-order chi connectivity index (χ0) is 15.0. The Labute approximate surface area is 125 Å². The molecule has 0 heterocycles. The van der Waals surface area contributed by atoms with E-state index >= 15 is 0 Å². The van der Waals surface area contributed by atoms with E-state index in [0.717, 1.165) is 25.6 Å². The number of hydrogen-bond donors (Lipinski definition) is 2. The molecule has 0 spiro atoms. The van der Waals surface area contributed by atoms with Crippen LogP contribution in [0.4, 0.5) is 0 Å². The van der Waals surface area contributed by atoms with Crippen LogP contribution in [0.5, 0.6) is 0 Å². The highest BCUT2D eigenvalue weighted by Crippen LogP contribution is 2.32. The maximum atomic E-state index is 5.95. The SMILES string of the molecule is CC(C)CC(C)(C)CC(CN)CNCc1ccccc1. The monoisotopic (exact) mass is 276 g/mol. The lowest BCUT2D eigenvalue weighted by atomic mass is 9.77. The van der Waals surface area contributed by atoms with Crippen molar-refractivity contribution in [2.75, 3.05) is 13.1 Å². The average molecular weight is 276 g/mol. The van der Waals surface area contributed by atoms with Crippen molar-refractivity contribution in [1.29, 1.82) is 0 Å². The third-order valence-corrected chi connectivity index (χ3v) is 3.74. The molecular weight excluding hydrogens is 244 g/mol. The fourth-order valence-corrected chi connectivity index (χ4v) is 3.23. The molecular formula is C18H32N2. The van der Waals surface area contributed by atoms with Gasteiger partial charge in [0.05, 0.1) is 0 Å². The van der Waals surface area contributed by atoms with E-state index in [-0.39, 0.29) is 0 Å². The summed E-state index contributed by atoms with van der Waals surface area (Å²) >= 11 is 0. The van der Waals surface area contributed by atoms with Crippen molar-refractivity contribution in [3.8, 4) is 0 Å². The molecule has 1 aromatic carbocycles. The van der Waals surface area contributed by atoms with Crippen LogP contribution in [0.25, 0.3) is 0 Å². The lowest BCUT2D eigenvalue weighted by Crippen LogP contribution is -2.32. The van der Waals surface area contributed by atoms with Crippen molar-refractivity contribution in [2.45, 2.75) is 47.1 Å². The number of benzene rings is 1. The smallest absolute Gasteiger partial charge is 0.0205 e. The third kappa shape index (κ3) is 7.06. The standard InChI is InChI=1S/C18H32N2/c1-15(2)10-18(3,4)11-17(12-19)14-20-13-16-8-6-5-7-9-16/h5-9,15,17,20H,10-14,19H2,1-4H3. The summed E-state index contributed by atoms with van der Waals surface area (Å²) in [4.78, 5) is 0. The minimum atomic E-state index is 0.382. The summed E-state index contributed by atoms with van der Waals surface area (Å²) in [7, 11) is 0. The Morgan fingerprint density at radius 2 is 1.75 bits per heavy atom. The maximum absolute atomic E-state index is 5.95. The van der Waals surface area contributed by atoms with Crippen LogP contribution in [-0.2, 0) is 6.54 Å². The Balaban J connectivity index is 2.36. The Morgan fingerprint density at radius 3 is 2.30 bits per heavy atom. The summed E-state index contributed by atoms with van der Waals surface area (Å²) in [5.41, 5.74) is 7.67. The Hall–Kier alpha value is -0.860. The van der Waals surface area contributed by atoms with Gasteiger partial charge in [0.25, 0.3) is 0 Å². The summed E-state index contributed by atoms with van der Waals surface area (Å²) < 4.78 is 0. The molecule has 0 radical (unpaired) electrons. The highest BCUT2D eigenvalue weighted by atomic mass is 14.9. The van der Waals surface area contributed by atoms with Gasteiger partial charge in [0.2, 0.25) is 0 Å². The summed E-state index contributed by atoms with van der Waals surface area (Å²) in [6.45, 7) is 12.0. The first kappa shape index (κ1) is 17.2. The predicted molar refractivity (Wildman–Crippen MR) is 88.5 cm³/mol. The van der Waals surface area contributed by atoms with Gasteiger partial charge in [-0.1, -0.05) is 58.0 Å². The van der Waals surface area contributed by atoms with Crippen LogP contribution in [0.1, 0.15) is 46.1 Å². The quantitative estimate of drug-likeness (QED) is 0.719. The van der Waals surface area contributed by atoms with Gasteiger partial charge in [-0.2, -0.15) is 0 Å². The lowest BCUT2D eigenvalue weighted by Gasteiger charge is -2.31. The highest BCUT2D eigenvalue weighted by Gasteiger charge is 2.23. The van der Waals surface area contributed by atoms with Gasteiger partial charge in [-0.3, -0.25) is 0 Å². The van der Waals surface area contributed by atoms with Crippen LogP contribution in [-0.4, -0.2) is 13.1 Å². The van der Waals surface area contributed by atoms with Crippen LogP contribution in [0.15, 0.2) is 30.3 Å². The molecule has 2 nitrogen and oxygen atoms in total. The van der Waals surface area contributed by atoms with Crippen molar-refractivity contribution >= 4 is 0 Å². The Bertz CT molecular complexity index is 357. The van der Waals surface area contributed by atoms with E-state index in [2.05, 4.69) is 63.3 Å². The molecule has 2 heteroatoms. The lowest BCUT2D eigenvalue weighted by molar-refractivity contribution is 0.218. The van der Waals surface area contributed by atoms with Crippen molar-refractivity contribution in [3.63, 3.8) is 0 Å². The minimum Gasteiger partial charge on any atom is -0.330 e. The van der Waals surface area contributed by atoms with Crippen molar-refractivity contribution < 1.29 is 0 Å². The first-order valence-electron chi connectivity index (χ1n) is 7.87. The van der Waals surface area contributed by atoms with Crippen LogP contribution in [0, 0.1) is 17.3 Å². The van der Waals surface area contributed by atoms with E-state index in [9.17, 15) is 0 Å². The molecule has 1 atom stereocenters. The average Bonchev–Trinajstić information content (AvgIpc) is 2.37. The predicted octanol–water partition coefficient (Wildman–Crippen LogP) is 3.81. The van der Waals surface area contributed by atoms with Gasteiger partial charge in [0.1, 0.15) is 0 Å². The normalized spacial score (nSPS) is 13.7. The summed E-state index contributed by atoms with van der Waals surface area (Å²) in [5.74, 6) is 1.31. The second kappa shape index (κ2) is 8.43. The van der Waals surface area contributed by atoms with E-state index in [4.69, 9.17) is 5.73 Å². The minimum absolute atomic E-state index is 0.382. The van der Waals surface area contributed by atoms with E-state index in [1.807, 2.05) is 0 Å².